The van der Waals surface area contributed by atoms with Gasteiger partial charge in [-0.15, -0.1) is 0 Å². The first-order valence-corrected chi connectivity index (χ1v) is 7.89. The van der Waals surface area contributed by atoms with E-state index in [0.717, 1.165) is 43.1 Å². The molecule has 4 nitrogen and oxygen atoms in total. The Morgan fingerprint density at radius 1 is 1.17 bits per heavy atom. The Hall–Kier alpha value is -2.30. The topological polar surface area (TPSA) is 46.1 Å². The molecule has 5 heteroatoms. The SMILES string of the molecule is Cc1cnc(C)c(N2CCC(C(=O)c3ccc(F)cc3)CC2)n1. The van der Waals surface area contributed by atoms with Gasteiger partial charge in [-0.1, -0.05) is 0 Å². The second-order valence-electron chi connectivity index (χ2n) is 6.05. The van der Waals surface area contributed by atoms with Gasteiger partial charge in [0.2, 0.25) is 0 Å². The number of anilines is 1. The number of carbonyl (C=O) groups excluding carboxylic acids is 1. The predicted octanol–water partition coefficient (Wildman–Crippen LogP) is 3.33. The lowest BCUT2D eigenvalue weighted by molar-refractivity contribution is 0.0900. The van der Waals surface area contributed by atoms with Crippen LogP contribution in [-0.4, -0.2) is 28.8 Å². The van der Waals surface area contributed by atoms with E-state index in [0.29, 0.717) is 5.56 Å². The van der Waals surface area contributed by atoms with Gasteiger partial charge in [0.15, 0.2) is 5.78 Å². The van der Waals surface area contributed by atoms with Crippen LogP contribution in [-0.2, 0) is 0 Å². The Balaban J connectivity index is 1.67. The van der Waals surface area contributed by atoms with Gasteiger partial charge in [0, 0.05) is 30.8 Å². The quantitative estimate of drug-likeness (QED) is 0.815. The molecule has 120 valence electrons. The van der Waals surface area contributed by atoms with E-state index in [2.05, 4.69) is 14.9 Å². The Bertz CT molecular complexity index is 707. The first-order chi connectivity index (χ1) is 11.0. The van der Waals surface area contributed by atoms with Crippen LogP contribution < -0.4 is 4.90 Å². The zero-order chi connectivity index (χ0) is 16.4. The van der Waals surface area contributed by atoms with Crippen molar-refractivity contribution in [2.24, 2.45) is 5.92 Å². The molecule has 1 aliphatic rings. The summed E-state index contributed by atoms with van der Waals surface area (Å²) >= 11 is 0. The number of rotatable bonds is 3. The van der Waals surface area contributed by atoms with Gasteiger partial charge in [-0.05, 0) is 51.0 Å². The van der Waals surface area contributed by atoms with Gasteiger partial charge in [-0.25, -0.2) is 9.37 Å². The summed E-state index contributed by atoms with van der Waals surface area (Å²) in [6, 6.07) is 5.82. The van der Waals surface area contributed by atoms with Gasteiger partial charge in [0.05, 0.1) is 11.4 Å². The van der Waals surface area contributed by atoms with Gasteiger partial charge in [-0.2, -0.15) is 0 Å². The molecule has 0 amide bonds. The van der Waals surface area contributed by atoms with Crippen molar-refractivity contribution in [3.05, 3.63) is 53.2 Å². The number of piperidine rings is 1. The summed E-state index contributed by atoms with van der Waals surface area (Å²) in [5, 5.41) is 0. The number of Topliss-reactive ketones (excluding diaryl/α,β-unsaturated/α-hetero) is 1. The molecule has 0 aliphatic carbocycles. The fourth-order valence-corrected chi connectivity index (χ4v) is 3.03. The average molecular weight is 313 g/mol. The smallest absolute Gasteiger partial charge is 0.166 e. The summed E-state index contributed by atoms with van der Waals surface area (Å²) in [4.78, 5) is 23.6. The minimum Gasteiger partial charge on any atom is -0.355 e. The highest BCUT2D eigenvalue weighted by atomic mass is 19.1. The van der Waals surface area contributed by atoms with Crippen LogP contribution in [0.25, 0.3) is 0 Å². The fraction of sp³-hybridized carbons (Fsp3) is 0.389. The van der Waals surface area contributed by atoms with E-state index in [9.17, 15) is 9.18 Å². The monoisotopic (exact) mass is 313 g/mol. The molecule has 2 aromatic rings. The number of benzene rings is 1. The zero-order valence-electron chi connectivity index (χ0n) is 13.4. The Morgan fingerprint density at radius 2 is 1.83 bits per heavy atom. The van der Waals surface area contributed by atoms with Gasteiger partial charge < -0.3 is 4.90 Å². The van der Waals surface area contributed by atoms with Crippen LogP contribution >= 0.6 is 0 Å². The average Bonchev–Trinajstić information content (AvgIpc) is 2.57. The predicted molar refractivity (Wildman–Crippen MR) is 87.2 cm³/mol. The lowest BCUT2D eigenvalue weighted by atomic mass is 9.89. The van der Waals surface area contributed by atoms with E-state index in [4.69, 9.17) is 0 Å². The maximum atomic E-state index is 13.0. The van der Waals surface area contributed by atoms with E-state index in [-0.39, 0.29) is 17.5 Å². The lowest BCUT2D eigenvalue weighted by Crippen LogP contribution is -2.37. The van der Waals surface area contributed by atoms with E-state index in [1.54, 1.807) is 18.3 Å². The molecule has 0 radical (unpaired) electrons. The van der Waals surface area contributed by atoms with E-state index in [1.807, 2.05) is 13.8 Å². The molecule has 0 atom stereocenters. The molecule has 1 saturated heterocycles. The standard InChI is InChI=1S/C18H20FN3O/c1-12-11-20-13(2)18(21-12)22-9-7-15(8-10-22)17(23)14-3-5-16(19)6-4-14/h3-6,11,15H,7-10H2,1-2H3. The van der Waals surface area contributed by atoms with Crippen LogP contribution in [0.2, 0.25) is 0 Å². The van der Waals surface area contributed by atoms with Crippen molar-refractivity contribution in [3.8, 4) is 0 Å². The molecule has 23 heavy (non-hydrogen) atoms. The molecule has 1 aromatic heterocycles. The van der Waals surface area contributed by atoms with Crippen LogP contribution in [0.15, 0.2) is 30.5 Å². The molecule has 0 spiro atoms. The highest BCUT2D eigenvalue weighted by Gasteiger charge is 2.27. The molecule has 1 fully saturated rings. The summed E-state index contributed by atoms with van der Waals surface area (Å²) < 4.78 is 13.0. The van der Waals surface area contributed by atoms with Crippen molar-refractivity contribution >= 4 is 11.6 Å². The van der Waals surface area contributed by atoms with Crippen LogP contribution in [0.3, 0.4) is 0 Å². The Kier molecular flexibility index (Phi) is 4.37. The Labute approximate surface area is 135 Å². The van der Waals surface area contributed by atoms with Crippen LogP contribution in [0.5, 0.6) is 0 Å². The second kappa shape index (κ2) is 6.44. The third-order valence-electron chi connectivity index (χ3n) is 4.34. The number of halogens is 1. The number of hydrogen-bond acceptors (Lipinski definition) is 4. The molecular formula is C18H20FN3O. The molecule has 3 rings (SSSR count). The summed E-state index contributed by atoms with van der Waals surface area (Å²) in [6.07, 6.45) is 3.33. The fourth-order valence-electron chi connectivity index (χ4n) is 3.03. The summed E-state index contributed by atoms with van der Waals surface area (Å²) in [5.41, 5.74) is 2.41. The number of carbonyl (C=O) groups is 1. The van der Waals surface area contributed by atoms with E-state index < -0.39 is 0 Å². The summed E-state index contributed by atoms with van der Waals surface area (Å²) in [6.45, 7) is 5.46. The maximum Gasteiger partial charge on any atom is 0.166 e. The first kappa shape index (κ1) is 15.6. The van der Waals surface area contributed by atoms with Crippen molar-refractivity contribution in [1.29, 1.82) is 0 Å². The highest BCUT2D eigenvalue weighted by Crippen LogP contribution is 2.26. The van der Waals surface area contributed by atoms with Crippen molar-refractivity contribution in [2.75, 3.05) is 18.0 Å². The normalized spacial score (nSPS) is 15.7. The third-order valence-corrected chi connectivity index (χ3v) is 4.34. The third kappa shape index (κ3) is 3.38. The molecular weight excluding hydrogens is 293 g/mol. The minimum absolute atomic E-state index is 0.00483. The zero-order valence-corrected chi connectivity index (χ0v) is 13.4. The molecule has 0 N–H and O–H groups in total. The molecule has 0 saturated carbocycles. The van der Waals surface area contributed by atoms with Crippen molar-refractivity contribution in [1.82, 2.24) is 9.97 Å². The van der Waals surface area contributed by atoms with E-state index in [1.165, 1.54) is 12.1 Å². The minimum atomic E-state index is -0.315. The number of aryl methyl sites for hydroxylation is 2. The van der Waals surface area contributed by atoms with Gasteiger partial charge in [-0.3, -0.25) is 9.78 Å². The summed E-state index contributed by atoms with van der Waals surface area (Å²) in [7, 11) is 0. The molecule has 1 aliphatic heterocycles. The van der Waals surface area contributed by atoms with Crippen LogP contribution in [0, 0.1) is 25.6 Å². The molecule has 0 bridgehead atoms. The highest BCUT2D eigenvalue weighted by molar-refractivity contribution is 5.97. The number of aromatic nitrogens is 2. The maximum absolute atomic E-state index is 13.0. The second-order valence-corrected chi connectivity index (χ2v) is 6.05. The Morgan fingerprint density at radius 3 is 2.48 bits per heavy atom. The van der Waals surface area contributed by atoms with E-state index >= 15 is 0 Å². The first-order valence-electron chi connectivity index (χ1n) is 7.89. The van der Waals surface area contributed by atoms with Crippen molar-refractivity contribution in [2.45, 2.75) is 26.7 Å². The molecule has 0 unspecified atom stereocenters. The van der Waals surface area contributed by atoms with Crippen molar-refractivity contribution in [3.63, 3.8) is 0 Å². The lowest BCUT2D eigenvalue weighted by Gasteiger charge is -2.32. The van der Waals surface area contributed by atoms with Crippen LogP contribution in [0.1, 0.15) is 34.6 Å². The van der Waals surface area contributed by atoms with Crippen LogP contribution in [0.4, 0.5) is 10.2 Å². The number of nitrogens with zero attached hydrogens (tertiary/aromatic N) is 3. The largest absolute Gasteiger partial charge is 0.355 e. The summed E-state index contributed by atoms with van der Waals surface area (Å²) in [5.74, 6) is 0.703. The molecule has 2 heterocycles. The molecule has 1 aromatic carbocycles. The van der Waals surface area contributed by atoms with Gasteiger partial charge >= 0.3 is 0 Å². The number of ketones is 1. The van der Waals surface area contributed by atoms with Crippen molar-refractivity contribution < 1.29 is 9.18 Å². The van der Waals surface area contributed by atoms with Gasteiger partial charge in [0.1, 0.15) is 11.6 Å². The number of hydrogen-bond donors (Lipinski definition) is 0. The van der Waals surface area contributed by atoms with Gasteiger partial charge in [0.25, 0.3) is 0 Å².